The predicted octanol–water partition coefficient (Wildman–Crippen LogP) is 4.56. The Balaban J connectivity index is 1.24. The van der Waals surface area contributed by atoms with Crippen LogP contribution in [0.5, 0.6) is 0 Å². The zero-order valence-electron chi connectivity index (χ0n) is 21.0. The van der Waals surface area contributed by atoms with Crippen molar-refractivity contribution in [1.82, 2.24) is 15.2 Å². The summed E-state index contributed by atoms with van der Waals surface area (Å²) in [6.45, 7) is 5.13. The lowest BCUT2D eigenvalue weighted by Gasteiger charge is -2.32. The van der Waals surface area contributed by atoms with Crippen LogP contribution in [0.15, 0.2) is 54.6 Å². The third-order valence-corrected chi connectivity index (χ3v) is 7.89. The summed E-state index contributed by atoms with van der Waals surface area (Å²) in [7, 11) is 1.92. The molecule has 2 heterocycles. The van der Waals surface area contributed by atoms with Crippen LogP contribution < -0.4 is 15.5 Å². The van der Waals surface area contributed by atoms with Gasteiger partial charge < -0.3 is 20.1 Å². The van der Waals surface area contributed by atoms with E-state index in [2.05, 4.69) is 53.6 Å². The molecule has 2 aromatic carbocycles. The SMILES string of the molecule is Cc1ccc(N2C[C@@H](NC(=O)[C@@H]3CCCC[C@@H]3NC(=O)c3cc4ccccc4n3C)CC2C)cc1. The first-order valence-corrected chi connectivity index (χ1v) is 12.9. The van der Waals surface area contributed by atoms with Crippen molar-refractivity contribution in [2.45, 2.75) is 64.1 Å². The molecule has 2 aliphatic rings. The van der Waals surface area contributed by atoms with E-state index >= 15 is 0 Å². The van der Waals surface area contributed by atoms with Gasteiger partial charge in [0.25, 0.3) is 5.91 Å². The molecule has 6 nitrogen and oxygen atoms in total. The molecule has 2 amide bonds. The van der Waals surface area contributed by atoms with Crippen LogP contribution in [-0.2, 0) is 11.8 Å². The van der Waals surface area contributed by atoms with Crippen molar-refractivity contribution in [3.63, 3.8) is 0 Å². The van der Waals surface area contributed by atoms with E-state index in [-0.39, 0.29) is 29.8 Å². The molecule has 184 valence electrons. The van der Waals surface area contributed by atoms with E-state index < -0.39 is 0 Å². The first kappa shape index (κ1) is 23.5. The van der Waals surface area contributed by atoms with E-state index in [9.17, 15) is 9.59 Å². The van der Waals surface area contributed by atoms with Crippen LogP contribution in [0.2, 0.25) is 0 Å². The Hall–Kier alpha value is -3.28. The number of benzene rings is 2. The topological polar surface area (TPSA) is 66.4 Å². The van der Waals surface area contributed by atoms with Crippen LogP contribution >= 0.6 is 0 Å². The molecule has 1 aromatic heterocycles. The lowest BCUT2D eigenvalue weighted by atomic mass is 9.83. The minimum atomic E-state index is -0.189. The quantitative estimate of drug-likeness (QED) is 0.572. The summed E-state index contributed by atoms with van der Waals surface area (Å²) in [6, 6.07) is 18.9. The van der Waals surface area contributed by atoms with E-state index in [0.29, 0.717) is 11.7 Å². The Morgan fingerprint density at radius 2 is 1.71 bits per heavy atom. The molecule has 1 unspecified atom stereocenters. The molecular weight excluding hydrogens is 436 g/mol. The lowest BCUT2D eigenvalue weighted by Crippen LogP contribution is -2.50. The fraction of sp³-hybridized carbons (Fsp3) is 0.448. The maximum absolute atomic E-state index is 13.4. The molecule has 2 fully saturated rings. The number of aromatic nitrogens is 1. The van der Waals surface area contributed by atoms with Crippen molar-refractivity contribution >= 4 is 28.4 Å². The number of aryl methyl sites for hydroxylation is 2. The summed E-state index contributed by atoms with van der Waals surface area (Å²) in [5.74, 6) is -0.213. The van der Waals surface area contributed by atoms with E-state index in [1.54, 1.807) is 0 Å². The molecule has 1 aliphatic heterocycles. The largest absolute Gasteiger partial charge is 0.367 e. The van der Waals surface area contributed by atoms with Gasteiger partial charge in [-0.3, -0.25) is 9.59 Å². The highest BCUT2D eigenvalue weighted by atomic mass is 16.2. The molecular formula is C29H36N4O2. The third kappa shape index (κ3) is 4.79. The number of nitrogens with zero attached hydrogens (tertiary/aromatic N) is 2. The number of nitrogens with one attached hydrogen (secondary N) is 2. The lowest BCUT2D eigenvalue weighted by molar-refractivity contribution is -0.127. The highest BCUT2D eigenvalue weighted by Crippen LogP contribution is 2.29. The molecule has 1 saturated carbocycles. The smallest absolute Gasteiger partial charge is 0.268 e. The van der Waals surface area contributed by atoms with Gasteiger partial charge in [-0.1, -0.05) is 48.7 Å². The van der Waals surface area contributed by atoms with E-state index in [4.69, 9.17) is 0 Å². The summed E-state index contributed by atoms with van der Waals surface area (Å²) in [4.78, 5) is 29.0. The molecule has 0 bridgehead atoms. The summed E-state index contributed by atoms with van der Waals surface area (Å²) in [5, 5.41) is 7.59. The van der Waals surface area contributed by atoms with Gasteiger partial charge in [0.1, 0.15) is 5.69 Å². The zero-order valence-corrected chi connectivity index (χ0v) is 21.0. The first-order chi connectivity index (χ1) is 16.9. The maximum Gasteiger partial charge on any atom is 0.268 e. The molecule has 5 rings (SSSR count). The van der Waals surface area contributed by atoms with Gasteiger partial charge in [0, 0.05) is 48.3 Å². The minimum Gasteiger partial charge on any atom is -0.367 e. The van der Waals surface area contributed by atoms with Crippen LogP contribution in [0.25, 0.3) is 10.9 Å². The normalized spacial score (nSPS) is 24.5. The number of amides is 2. The number of carbonyl (C=O) groups excluding carboxylic acids is 2. The number of hydrogen-bond acceptors (Lipinski definition) is 3. The van der Waals surface area contributed by atoms with Crippen molar-refractivity contribution in [3.05, 3.63) is 65.9 Å². The van der Waals surface area contributed by atoms with Crippen LogP contribution in [0, 0.1) is 12.8 Å². The van der Waals surface area contributed by atoms with Gasteiger partial charge in [-0.2, -0.15) is 0 Å². The number of anilines is 1. The molecule has 1 saturated heterocycles. The van der Waals surface area contributed by atoms with Crippen LogP contribution in [0.4, 0.5) is 5.69 Å². The maximum atomic E-state index is 13.4. The van der Waals surface area contributed by atoms with Crippen LogP contribution in [0.3, 0.4) is 0 Å². The summed E-state index contributed by atoms with van der Waals surface area (Å²) in [5.41, 5.74) is 4.12. The second-order valence-corrected chi connectivity index (χ2v) is 10.4. The van der Waals surface area contributed by atoms with Crippen molar-refractivity contribution in [1.29, 1.82) is 0 Å². The number of hydrogen-bond donors (Lipinski definition) is 2. The van der Waals surface area contributed by atoms with Crippen LogP contribution in [0.1, 0.15) is 55.1 Å². The zero-order chi connectivity index (χ0) is 24.5. The highest BCUT2D eigenvalue weighted by Gasteiger charge is 2.36. The van der Waals surface area contributed by atoms with Gasteiger partial charge in [-0.05, 0) is 57.4 Å². The molecule has 0 radical (unpaired) electrons. The molecule has 6 heteroatoms. The Morgan fingerprint density at radius 3 is 2.49 bits per heavy atom. The molecule has 1 aliphatic carbocycles. The Morgan fingerprint density at radius 1 is 0.971 bits per heavy atom. The molecule has 2 N–H and O–H groups in total. The predicted molar refractivity (Wildman–Crippen MR) is 141 cm³/mol. The second-order valence-electron chi connectivity index (χ2n) is 10.4. The Kier molecular flexibility index (Phi) is 6.54. The van der Waals surface area contributed by atoms with Gasteiger partial charge >= 0.3 is 0 Å². The Bertz CT molecular complexity index is 1220. The average molecular weight is 473 g/mol. The van der Waals surface area contributed by atoms with Crippen molar-refractivity contribution in [2.75, 3.05) is 11.4 Å². The highest BCUT2D eigenvalue weighted by molar-refractivity contribution is 5.99. The number of rotatable bonds is 5. The average Bonchev–Trinajstić information content (AvgIpc) is 3.39. The molecule has 4 atom stereocenters. The minimum absolute atomic E-state index is 0.0787. The van der Waals surface area contributed by atoms with E-state index in [0.717, 1.165) is 49.6 Å². The van der Waals surface area contributed by atoms with Gasteiger partial charge in [0.05, 0.1) is 5.92 Å². The van der Waals surface area contributed by atoms with Gasteiger partial charge in [0.15, 0.2) is 0 Å². The summed E-state index contributed by atoms with van der Waals surface area (Å²) < 4.78 is 1.93. The second kappa shape index (κ2) is 9.76. The van der Waals surface area contributed by atoms with Crippen LogP contribution in [-0.4, -0.2) is 41.1 Å². The van der Waals surface area contributed by atoms with Crippen molar-refractivity contribution < 1.29 is 9.59 Å². The standard InChI is InChI=1S/C29H36N4O2/c1-19-12-14-23(15-13-19)33-18-22(16-20(33)2)30-28(34)24-9-5-6-10-25(24)31-29(35)27-17-21-8-4-7-11-26(21)32(27)3/h4,7-8,11-15,17,20,22,24-25H,5-6,9-10,16,18H2,1-3H3,(H,30,34)(H,31,35)/t20?,22-,24+,25-/m0/s1. The molecule has 35 heavy (non-hydrogen) atoms. The van der Waals surface area contributed by atoms with Gasteiger partial charge in [0.2, 0.25) is 5.91 Å². The first-order valence-electron chi connectivity index (χ1n) is 12.9. The third-order valence-electron chi connectivity index (χ3n) is 7.89. The molecule has 3 aromatic rings. The van der Waals surface area contributed by atoms with E-state index in [1.165, 1.54) is 11.3 Å². The van der Waals surface area contributed by atoms with E-state index in [1.807, 2.05) is 41.9 Å². The van der Waals surface area contributed by atoms with Crippen molar-refractivity contribution in [2.24, 2.45) is 13.0 Å². The van der Waals surface area contributed by atoms with Gasteiger partial charge in [-0.15, -0.1) is 0 Å². The fourth-order valence-electron chi connectivity index (χ4n) is 5.91. The molecule has 0 spiro atoms. The van der Waals surface area contributed by atoms with Crippen molar-refractivity contribution in [3.8, 4) is 0 Å². The van der Waals surface area contributed by atoms with Gasteiger partial charge in [-0.25, -0.2) is 0 Å². The number of fused-ring (bicyclic) bond motifs is 1. The summed E-state index contributed by atoms with van der Waals surface area (Å²) >= 11 is 0. The monoisotopic (exact) mass is 472 g/mol. The number of carbonyl (C=O) groups is 2. The fourth-order valence-corrected chi connectivity index (χ4v) is 5.91. The summed E-state index contributed by atoms with van der Waals surface area (Å²) in [6.07, 6.45) is 4.64. The Labute approximate surface area is 207 Å². The number of para-hydroxylation sites is 1.